The summed E-state index contributed by atoms with van der Waals surface area (Å²) in [5.74, 6) is -0.915. The van der Waals surface area contributed by atoms with Crippen molar-refractivity contribution >= 4 is 17.3 Å². The van der Waals surface area contributed by atoms with Gasteiger partial charge in [-0.1, -0.05) is 0 Å². The van der Waals surface area contributed by atoms with Crippen LogP contribution >= 0.6 is 11.3 Å². The lowest BCUT2D eigenvalue weighted by molar-refractivity contribution is -0.136. The minimum absolute atomic E-state index is 0.0997. The van der Waals surface area contributed by atoms with E-state index < -0.39 is 12.6 Å². The van der Waals surface area contributed by atoms with Crippen LogP contribution in [0.15, 0.2) is 23.0 Å². The zero-order valence-electron chi connectivity index (χ0n) is 8.97. The fourth-order valence-corrected chi connectivity index (χ4v) is 2.24. The third kappa shape index (κ3) is 2.71. The Morgan fingerprint density at radius 3 is 3.00 bits per heavy atom. The second-order valence-electron chi connectivity index (χ2n) is 3.54. The van der Waals surface area contributed by atoms with Crippen molar-refractivity contribution in [2.45, 2.75) is 13.0 Å². The quantitative estimate of drug-likeness (QED) is 0.890. The maximum atomic E-state index is 12.2. The molecule has 2 heterocycles. The molecule has 0 saturated heterocycles. The topological polar surface area (TPSA) is 55.1 Å². The molecule has 0 saturated carbocycles. The fourth-order valence-electron chi connectivity index (χ4n) is 1.60. The zero-order valence-corrected chi connectivity index (χ0v) is 9.78. The summed E-state index contributed by atoms with van der Waals surface area (Å²) in [5, 5.41) is 16.8. The normalized spacial score (nSPS) is 10.6. The number of carboxylic acid groups (broad SMARTS) is 1. The van der Waals surface area contributed by atoms with Gasteiger partial charge in [0, 0.05) is 22.7 Å². The zero-order chi connectivity index (χ0) is 12.3. The van der Waals surface area contributed by atoms with Crippen molar-refractivity contribution in [1.82, 2.24) is 9.78 Å². The molecule has 0 atom stereocenters. The molecular weight excluding hydrogens is 243 g/mol. The summed E-state index contributed by atoms with van der Waals surface area (Å²) < 4.78 is 13.7. The van der Waals surface area contributed by atoms with Gasteiger partial charge in [0.2, 0.25) is 0 Å². The monoisotopic (exact) mass is 254 g/mol. The standard InChI is InChI=1S/C11H11FN2O2S/c12-2-3-14-6-9(5-10(15)16)11(13-14)8-1-4-17-7-8/h1,4,6-7H,2-3,5H2,(H,15,16). The van der Waals surface area contributed by atoms with E-state index in [0.29, 0.717) is 11.3 Å². The highest BCUT2D eigenvalue weighted by atomic mass is 32.1. The van der Waals surface area contributed by atoms with Gasteiger partial charge in [-0.3, -0.25) is 9.48 Å². The SMILES string of the molecule is O=C(O)Cc1cn(CCF)nc1-c1ccsc1. The van der Waals surface area contributed by atoms with Crippen molar-refractivity contribution in [2.24, 2.45) is 0 Å². The molecule has 90 valence electrons. The van der Waals surface area contributed by atoms with Crippen LogP contribution in [0.25, 0.3) is 11.3 Å². The first-order valence-electron chi connectivity index (χ1n) is 5.07. The number of nitrogens with zero attached hydrogens (tertiary/aromatic N) is 2. The molecule has 2 aromatic heterocycles. The van der Waals surface area contributed by atoms with E-state index in [-0.39, 0.29) is 13.0 Å². The Labute approximate surface area is 101 Å². The number of aliphatic carboxylic acids is 1. The third-order valence-electron chi connectivity index (χ3n) is 2.29. The lowest BCUT2D eigenvalue weighted by Gasteiger charge is -1.95. The van der Waals surface area contributed by atoms with E-state index in [1.54, 1.807) is 6.20 Å². The summed E-state index contributed by atoms with van der Waals surface area (Å²) in [6, 6.07) is 1.87. The molecule has 2 aromatic rings. The van der Waals surface area contributed by atoms with Crippen LogP contribution < -0.4 is 0 Å². The number of hydrogen-bond donors (Lipinski definition) is 1. The highest BCUT2D eigenvalue weighted by Gasteiger charge is 2.14. The van der Waals surface area contributed by atoms with Gasteiger partial charge in [0.05, 0.1) is 18.7 Å². The number of halogens is 1. The smallest absolute Gasteiger partial charge is 0.307 e. The van der Waals surface area contributed by atoms with Gasteiger partial charge >= 0.3 is 5.97 Å². The first-order valence-corrected chi connectivity index (χ1v) is 6.01. The summed E-state index contributed by atoms with van der Waals surface area (Å²) in [7, 11) is 0. The van der Waals surface area contributed by atoms with Gasteiger partial charge in [-0.2, -0.15) is 16.4 Å². The summed E-state index contributed by atoms with van der Waals surface area (Å²) in [6.45, 7) is -0.367. The van der Waals surface area contributed by atoms with E-state index in [1.807, 2.05) is 16.8 Å². The molecule has 6 heteroatoms. The molecule has 0 aliphatic carbocycles. The molecule has 0 aliphatic rings. The Hall–Kier alpha value is -1.69. The molecule has 4 nitrogen and oxygen atoms in total. The number of thiophene rings is 1. The first-order chi connectivity index (χ1) is 8.20. The Morgan fingerprint density at radius 2 is 2.41 bits per heavy atom. The average Bonchev–Trinajstić information content (AvgIpc) is 2.86. The second-order valence-corrected chi connectivity index (χ2v) is 4.32. The van der Waals surface area contributed by atoms with Gasteiger partial charge in [-0.15, -0.1) is 0 Å². The van der Waals surface area contributed by atoms with Gasteiger partial charge in [0.25, 0.3) is 0 Å². The van der Waals surface area contributed by atoms with Crippen molar-refractivity contribution in [2.75, 3.05) is 6.67 Å². The van der Waals surface area contributed by atoms with Gasteiger partial charge < -0.3 is 5.11 Å². The van der Waals surface area contributed by atoms with Crippen molar-refractivity contribution in [3.63, 3.8) is 0 Å². The average molecular weight is 254 g/mol. The lowest BCUT2D eigenvalue weighted by atomic mass is 10.1. The number of carbonyl (C=O) groups is 1. The van der Waals surface area contributed by atoms with Gasteiger partial charge in [-0.25, -0.2) is 4.39 Å². The number of aryl methyl sites for hydroxylation is 1. The number of hydrogen-bond acceptors (Lipinski definition) is 3. The Bertz CT molecular complexity index is 508. The maximum absolute atomic E-state index is 12.2. The van der Waals surface area contributed by atoms with Gasteiger partial charge in [0.15, 0.2) is 0 Å². The molecule has 0 spiro atoms. The Balaban J connectivity index is 2.37. The molecule has 0 radical (unpaired) electrons. The highest BCUT2D eigenvalue weighted by Crippen LogP contribution is 2.24. The van der Waals surface area contributed by atoms with E-state index >= 15 is 0 Å². The molecule has 1 N–H and O–H groups in total. The van der Waals surface area contributed by atoms with Crippen LogP contribution in [0.5, 0.6) is 0 Å². The number of alkyl halides is 1. The third-order valence-corrected chi connectivity index (χ3v) is 2.97. The molecule has 0 unspecified atom stereocenters. The lowest BCUT2D eigenvalue weighted by Crippen LogP contribution is -2.00. The molecule has 0 aliphatic heterocycles. The van der Waals surface area contributed by atoms with Crippen molar-refractivity contribution in [3.05, 3.63) is 28.6 Å². The van der Waals surface area contributed by atoms with Crippen molar-refractivity contribution in [1.29, 1.82) is 0 Å². The summed E-state index contributed by atoms with van der Waals surface area (Å²) in [5.41, 5.74) is 2.12. The molecule has 2 rings (SSSR count). The van der Waals surface area contributed by atoms with Gasteiger partial charge in [-0.05, 0) is 11.4 Å². The predicted molar refractivity (Wildman–Crippen MR) is 62.9 cm³/mol. The summed E-state index contributed by atoms with van der Waals surface area (Å²) in [4.78, 5) is 10.7. The molecule has 0 bridgehead atoms. The minimum atomic E-state index is -0.915. The fraction of sp³-hybridized carbons (Fsp3) is 0.273. The molecule has 0 aromatic carbocycles. The van der Waals surface area contributed by atoms with Crippen molar-refractivity contribution < 1.29 is 14.3 Å². The van der Waals surface area contributed by atoms with E-state index in [4.69, 9.17) is 5.11 Å². The van der Waals surface area contributed by atoms with Crippen LogP contribution in [0.4, 0.5) is 4.39 Å². The van der Waals surface area contributed by atoms with Gasteiger partial charge in [0.1, 0.15) is 6.67 Å². The Kier molecular flexibility index (Phi) is 3.53. The molecule has 0 fully saturated rings. The molecule has 0 amide bonds. The summed E-state index contributed by atoms with van der Waals surface area (Å²) in [6.07, 6.45) is 1.50. The largest absolute Gasteiger partial charge is 0.481 e. The van der Waals surface area contributed by atoms with E-state index in [1.165, 1.54) is 16.0 Å². The van der Waals surface area contributed by atoms with Crippen LogP contribution in [0.1, 0.15) is 5.56 Å². The first kappa shape index (κ1) is 11.8. The Morgan fingerprint density at radius 1 is 1.59 bits per heavy atom. The minimum Gasteiger partial charge on any atom is -0.481 e. The summed E-state index contributed by atoms with van der Waals surface area (Å²) >= 11 is 1.51. The predicted octanol–water partition coefficient (Wildman–Crippen LogP) is 2.21. The number of aromatic nitrogens is 2. The van der Waals surface area contributed by atoms with E-state index in [9.17, 15) is 9.18 Å². The van der Waals surface area contributed by atoms with Crippen LogP contribution in [-0.4, -0.2) is 27.5 Å². The number of rotatable bonds is 5. The van der Waals surface area contributed by atoms with Crippen LogP contribution in [0.3, 0.4) is 0 Å². The van der Waals surface area contributed by atoms with E-state index in [0.717, 1.165) is 5.56 Å². The van der Waals surface area contributed by atoms with Crippen LogP contribution in [0.2, 0.25) is 0 Å². The molecule has 17 heavy (non-hydrogen) atoms. The highest BCUT2D eigenvalue weighted by molar-refractivity contribution is 7.08. The molecular formula is C11H11FN2O2S. The van der Waals surface area contributed by atoms with Crippen LogP contribution in [-0.2, 0) is 17.8 Å². The van der Waals surface area contributed by atoms with Crippen LogP contribution in [0, 0.1) is 0 Å². The van der Waals surface area contributed by atoms with Crippen molar-refractivity contribution in [3.8, 4) is 11.3 Å². The van der Waals surface area contributed by atoms with E-state index in [2.05, 4.69) is 5.10 Å². The second kappa shape index (κ2) is 5.09. The number of carboxylic acids is 1. The maximum Gasteiger partial charge on any atom is 0.307 e.